The molecule has 2 aliphatic heterocycles. The Bertz CT molecular complexity index is 1730. The first-order chi connectivity index (χ1) is 16.5. The molecule has 7 rings (SSSR count). The van der Waals surface area contributed by atoms with Crippen LogP contribution in [0.15, 0.2) is 80.2 Å². The molecule has 0 N–H and O–H groups in total. The summed E-state index contributed by atoms with van der Waals surface area (Å²) in [6.07, 6.45) is 0. The molecular weight excluding hydrogens is 673 g/mol. The van der Waals surface area contributed by atoms with Crippen molar-refractivity contribution in [3.63, 3.8) is 0 Å². The summed E-state index contributed by atoms with van der Waals surface area (Å²) in [5, 5.41) is 0.965. The van der Waals surface area contributed by atoms with Crippen molar-refractivity contribution in [3.8, 4) is 17.2 Å². The number of hydrogen-bond acceptors (Lipinski definition) is 2. The molecule has 0 atom stereocenters. The molecule has 4 aromatic carbocycles. The van der Waals surface area contributed by atoms with Crippen molar-refractivity contribution in [2.24, 2.45) is 1.36 Å². The molecule has 5 aromatic rings. The van der Waals surface area contributed by atoms with Crippen molar-refractivity contribution < 1.29 is 16.2 Å². The third-order valence-electron chi connectivity index (χ3n) is 6.50. The second-order valence-electron chi connectivity index (χ2n) is 8.13. The van der Waals surface area contributed by atoms with E-state index in [1.807, 2.05) is 59.2 Å². The summed E-state index contributed by atoms with van der Waals surface area (Å²) in [6, 6.07) is 23.9. The third kappa shape index (κ3) is 2.75. The van der Waals surface area contributed by atoms with Crippen LogP contribution in [0.5, 0.6) is 11.5 Å². The topological polar surface area (TPSA) is 26.5 Å². The first-order valence-corrected chi connectivity index (χ1v) is 16.6. The van der Waals surface area contributed by atoms with E-state index in [4.69, 9.17) is 4.74 Å². The van der Waals surface area contributed by atoms with Crippen LogP contribution in [0, 0.1) is 3.57 Å². The minimum absolute atomic E-state index is 0.124. The molecule has 1 aromatic heterocycles. The van der Waals surface area contributed by atoms with E-state index in [-0.39, 0.29) is 10.3 Å². The van der Waals surface area contributed by atoms with E-state index in [9.17, 15) is 5.72 Å². The van der Waals surface area contributed by atoms with Gasteiger partial charge in [-0.05, 0) is 0 Å². The first-order valence-electron chi connectivity index (χ1n) is 10.4. The monoisotopic (exact) mass is 686 g/mol. The molecule has 34 heavy (non-hydrogen) atoms. The molecule has 3 nitrogen and oxygen atoms in total. The summed E-state index contributed by atoms with van der Waals surface area (Å²) < 4.78 is 67.2. The Morgan fingerprint density at radius 3 is 2.41 bits per heavy atom. The quantitative estimate of drug-likeness (QED) is 0.109. The number of hydrogen-bond donors (Lipinski definition) is 0. The van der Waals surface area contributed by atoms with E-state index in [2.05, 4.69) is 1.36 Å². The SMILES string of the molecule is FI(F)N=I(F)(F)c1cccc2c1c1cccc3c1n2-c1cccc2c1B3c1ccccc1O2. The normalized spacial score (nSPS) is 14.5. The van der Waals surface area contributed by atoms with Gasteiger partial charge in [-0.1, -0.05) is 0 Å². The molecule has 0 fully saturated rings. The Morgan fingerprint density at radius 1 is 0.824 bits per heavy atom. The summed E-state index contributed by atoms with van der Waals surface area (Å²) >= 11 is -11.2. The Morgan fingerprint density at radius 2 is 1.56 bits per heavy atom. The molecule has 170 valence electrons. The first kappa shape index (κ1) is 20.9. The maximum atomic E-state index is 15.1. The number of rotatable bonds is 2. The van der Waals surface area contributed by atoms with E-state index in [1.165, 1.54) is 12.1 Å². The Kier molecular flexibility index (Phi) is 4.46. The summed E-state index contributed by atoms with van der Waals surface area (Å²) in [5.74, 6) is 1.49. The minimum atomic E-state index is -6.20. The molecule has 0 unspecified atom stereocenters. The molecule has 3 heterocycles. The van der Waals surface area contributed by atoms with Gasteiger partial charge < -0.3 is 0 Å². The summed E-state index contributed by atoms with van der Waals surface area (Å²) in [6.45, 7) is -0.124. The molecule has 2 aliphatic rings. The fourth-order valence-electron chi connectivity index (χ4n) is 5.38. The summed E-state index contributed by atoms with van der Waals surface area (Å²) in [7, 11) is 0. The van der Waals surface area contributed by atoms with Crippen LogP contribution >= 0.6 is 40.6 Å². The van der Waals surface area contributed by atoms with Crippen LogP contribution < -0.4 is 21.1 Å². The molecule has 0 saturated carbocycles. The van der Waals surface area contributed by atoms with Crippen molar-refractivity contribution in [2.45, 2.75) is 0 Å². The number of para-hydroxylation sites is 2. The van der Waals surface area contributed by atoms with Gasteiger partial charge in [0.1, 0.15) is 0 Å². The maximum absolute atomic E-state index is 15.1. The zero-order valence-corrected chi connectivity index (χ0v) is 21.5. The molecule has 0 aliphatic carbocycles. The van der Waals surface area contributed by atoms with Gasteiger partial charge in [-0.2, -0.15) is 0 Å². The van der Waals surface area contributed by atoms with Crippen molar-refractivity contribution in [2.75, 3.05) is 0 Å². The predicted molar refractivity (Wildman–Crippen MR) is 146 cm³/mol. The number of fused-ring (bicyclic) bond motifs is 7. The van der Waals surface area contributed by atoms with E-state index in [1.54, 1.807) is 12.1 Å². The van der Waals surface area contributed by atoms with Gasteiger partial charge in [0.05, 0.1) is 0 Å². The zero-order chi connectivity index (χ0) is 23.2. The van der Waals surface area contributed by atoms with Gasteiger partial charge in [0.2, 0.25) is 0 Å². The summed E-state index contributed by atoms with van der Waals surface area (Å²) in [5.41, 5.74) is 5.21. The average Bonchev–Trinajstić information content (AvgIpc) is 3.16. The molecule has 0 saturated heterocycles. The number of nitrogens with zero attached hydrogens (tertiary/aromatic N) is 2. The van der Waals surface area contributed by atoms with E-state index in [0.29, 0.717) is 16.3 Å². The van der Waals surface area contributed by atoms with E-state index in [0.717, 1.165) is 39.1 Å². The molecule has 0 radical (unpaired) electrons. The fraction of sp³-hybridized carbons (Fsp3) is 0. The van der Waals surface area contributed by atoms with E-state index < -0.39 is 40.6 Å². The van der Waals surface area contributed by atoms with Crippen LogP contribution in [-0.4, -0.2) is 11.3 Å². The molecule has 0 spiro atoms. The zero-order valence-electron chi connectivity index (χ0n) is 17.2. The second-order valence-corrected chi connectivity index (χ2v) is 15.5. The van der Waals surface area contributed by atoms with Crippen molar-refractivity contribution in [1.82, 2.24) is 4.57 Å². The van der Waals surface area contributed by atoms with Crippen LogP contribution in [0.3, 0.4) is 0 Å². The summed E-state index contributed by atoms with van der Waals surface area (Å²) in [4.78, 5) is 0. The van der Waals surface area contributed by atoms with Crippen molar-refractivity contribution in [1.29, 1.82) is 0 Å². The van der Waals surface area contributed by atoms with Crippen LogP contribution in [0.25, 0.3) is 27.5 Å². The van der Waals surface area contributed by atoms with Crippen LogP contribution in [0.4, 0.5) is 11.4 Å². The number of aromatic nitrogens is 1. The Labute approximate surface area is 206 Å². The average molecular weight is 686 g/mol. The third-order valence-corrected chi connectivity index (χ3v) is 14.5. The van der Waals surface area contributed by atoms with Gasteiger partial charge in [0, 0.05) is 0 Å². The van der Waals surface area contributed by atoms with Crippen LogP contribution in [0.1, 0.15) is 0 Å². The van der Waals surface area contributed by atoms with Crippen LogP contribution in [0.2, 0.25) is 0 Å². The van der Waals surface area contributed by atoms with Crippen molar-refractivity contribution in [3.05, 3.63) is 82.4 Å². The van der Waals surface area contributed by atoms with Crippen LogP contribution in [-0.2, 0) is 0 Å². The number of ether oxygens (including phenoxy) is 1. The van der Waals surface area contributed by atoms with Gasteiger partial charge in [-0.25, -0.2) is 0 Å². The molecule has 10 heteroatoms. The van der Waals surface area contributed by atoms with Gasteiger partial charge in [0.25, 0.3) is 0 Å². The molecular formula is C24H13BF4I2N2O. The molecule has 0 bridgehead atoms. The second kappa shape index (κ2) is 7.26. The van der Waals surface area contributed by atoms with Gasteiger partial charge in [-0.15, -0.1) is 0 Å². The predicted octanol–water partition coefficient (Wildman–Crippen LogP) is 7.07. The fourth-order valence-corrected chi connectivity index (χ4v) is 11.4. The Balaban J connectivity index is 1.68. The standard InChI is InChI=1S/C24H13BF4I2N2O/c26-30(27)32-31(28,29)17-9-4-10-18-22(17)14-6-3-8-16-24(14)33(18)19-11-5-13-21-23(19)25(16)15-7-1-2-12-20(15)34-21/h1-13H. The number of halogens is 6. The van der Waals surface area contributed by atoms with Gasteiger partial charge in [0.15, 0.2) is 0 Å². The van der Waals surface area contributed by atoms with Gasteiger partial charge >= 0.3 is 207 Å². The molecule has 0 amide bonds. The number of benzene rings is 4. The van der Waals surface area contributed by atoms with E-state index >= 15 is 5.72 Å². The van der Waals surface area contributed by atoms with Crippen molar-refractivity contribution >= 4 is 85.6 Å². The Hall–Kier alpha value is -2.48. The van der Waals surface area contributed by atoms with Gasteiger partial charge in [-0.3, -0.25) is 0 Å².